The fourth-order valence-electron chi connectivity index (χ4n) is 1.35. The maximum atomic E-state index is 11.3. The third-order valence-corrected chi connectivity index (χ3v) is 6.20. The van der Waals surface area contributed by atoms with Crippen molar-refractivity contribution < 1.29 is 19.1 Å². The van der Waals surface area contributed by atoms with Crippen LogP contribution in [0.15, 0.2) is 21.4 Å². The van der Waals surface area contributed by atoms with Crippen LogP contribution in [-0.2, 0) is 29.9 Å². The minimum Gasteiger partial charge on any atom is -0.493 e. The molecule has 0 radical (unpaired) electrons. The second-order valence-electron chi connectivity index (χ2n) is 2.89. The van der Waals surface area contributed by atoms with E-state index in [1.165, 1.54) is 0 Å². The molecule has 15 heavy (non-hydrogen) atoms. The molecule has 1 atom stereocenters. The molecule has 2 N–H and O–H groups in total. The zero-order valence-electron chi connectivity index (χ0n) is 8.47. The van der Waals surface area contributed by atoms with Gasteiger partial charge in [-0.15, -0.1) is 0 Å². The van der Waals surface area contributed by atoms with E-state index >= 15 is 0 Å². The molecule has 0 aromatic rings. The van der Waals surface area contributed by atoms with Crippen molar-refractivity contribution in [3.63, 3.8) is 0 Å². The van der Waals surface area contributed by atoms with E-state index in [0.29, 0.717) is 24.4 Å². The molecule has 0 aromatic heterocycles. The van der Waals surface area contributed by atoms with Gasteiger partial charge in [0.1, 0.15) is 10.4 Å². The van der Waals surface area contributed by atoms with Crippen LogP contribution in [0.2, 0.25) is 0 Å². The lowest BCUT2D eigenvalue weighted by Gasteiger charge is -2.10. The van der Waals surface area contributed by atoms with E-state index < -0.39 is 17.1 Å². The van der Waals surface area contributed by atoms with Gasteiger partial charge in [-0.1, -0.05) is 16.4 Å². The average molecular weight is 268 g/mol. The van der Waals surface area contributed by atoms with Crippen molar-refractivity contribution in [2.45, 2.75) is 20.3 Å². The van der Waals surface area contributed by atoms with Crippen molar-refractivity contribution >= 4 is 28.2 Å². The van der Waals surface area contributed by atoms with Gasteiger partial charge in [-0.25, -0.2) is 0 Å². The summed E-state index contributed by atoms with van der Waals surface area (Å²) in [6.45, 7) is 4.12. The molecule has 4 nitrogen and oxygen atoms in total. The molecule has 86 valence electrons. The highest BCUT2D eigenvalue weighted by Crippen LogP contribution is 2.53. The van der Waals surface area contributed by atoms with E-state index in [4.69, 9.17) is 15.9 Å². The molecule has 0 saturated heterocycles. The Morgan fingerprint density at radius 2 is 2.13 bits per heavy atom. The minimum absolute atomic E-state index is 0.0588. The number of rotatable bonds is 4. The highest BCUT2D eigenvalue weighted by Gasteiger charge is 2.33. The number of hydrogen-bond acceptors (Lipinski definition) is 3. The summed E-state index contributed by atoms with van der Waals surface area (Å²) in [7, 11) is -5.18. The SMILES string of the molecule is CCOC1=CS(=S)C(P(=O)(O)O)=C1CC. The molecule has 1 rings (SSSR count). The maximum Gasteiger partial charge on any atom is 0.363 e. The zero-order valence-corrected chi connectivity index (χ0v) is 11.0. The Kier molecular flexibility index (Phi) is 4.26. The fourth-order valence-corrected chi connectivity index (χ4v) is 5.50. The van der Waals surface area contributed by atoms with Crippen molar-refractivity contribution in [1.29, 1.82) is 0 Å². The van der Waals surface area contributed by atoms with Gasteiger partial charge in [0.05, 0.1) is 6.61 Å². The summed E-state index contributed by atoms with van der Waals surface area (Å²) < 4.78 is 16.6. The molecule has 0 spiro atoms. The van der Waals surface area contributed by atoms with Crippen LogP contribution in [0.5, 0.6) is 0 Å². The molecule has 0 aliphatic carbocycles. The third-order valence-electron chi connectivity index (χ3n) is 1.88. The second kappa shape index (κ2) is 4.89. The molecule has 1 aliphatic rings. The lowest BCUT2D eigenvalue weighted by Crippen LogP contribution is -1.95. The molecule has 1 heterocycles. The van der Waals surface area contributed by atoms with E-state index in [2.05, 4.69) is 0 Å². The van der Waals surface area contributed by atoms with Crippen LogP contribution in [0.4, 0.5) is 0 Å². The van der Waals surface area contributed by atoms with Crippen molar-refractivity contribution in [1.82, 2.24) is 0 Å². The number of allylic oxidation sites excluding steroid dienone is 1. The average Bonchev–Trinajstić information content (AvgIpc) is 2.41. The van der Waals surface area contributed by atoms with Crippen LogP contribution in [0.1, 0.15) is 20.3 Å². The monoisotopic (exact) mass is 268 g/mol. The van der Waals surface area contributed by atoms with Crippen LogP contribution in [0, 0.1) is 0 Å². The van der Waals surface area contributed by atoms with Crippen LogP contribution < -0.4 is 0 Å². The Morgan fingerprint density at radius 1 is 1.53 bits per heavy atom. The first-order valence-electron chi connectivity index (χ1n) is 4.46. The van der Waals surface area contributed by atoms with E-state index in [1.54, 1.807) is 5.41 Å². The van der Waals surface area contributed by atoms with Crippen LogP contribution >= 0.6 is 7.60 Å². The van der Waals surface area contributed by atoms with Crippen molar-refractivity contribution in [3.05, 3.63) is 21.4 Å². The summed E-state index contributed by atoms with van der Waals surface area (Å²) >= 11 is 5.03. The minimum atomic E-state index is -4.25. The van der Waals surface area contributed by atoms with Gasteiger partial charge in [0.2, 0.25) is 0 Å². The fraction of sp³-hybridized carbons (Fsp3) is 0.500. The zero-order chi connectivity index (χ0) is 11.6. The van der Waals surface area contributed by atoms with Gasteiger partial charge in [-0.05, 0) is 24.5 Å². The van der Waals surface area contributed by atoms with Crippen molar-refractivity contribution in [2.75, 3.05) is 6.61 Å². The Morgan fingerprint density at radius 3 is 2.53 bits per heavy atom. The Balaban J connectivity index is 3.20. The van der Waals surface area contributed by atoms with Crippen molar-refractivity contribution in [3.8, 4) is 0 Å². The normalized spacial score (nSPS) is 21.9. The van der Waals surface area contributed by atoms with Gasteiger partial charge in [0.15, 0.2) is 0 Å². The Hall–Kier alpha value is -0.000000000000000111. The van der Waals surface area contributed by atoms with Gasteiger partial charge in [0, 0.05) is 11.0 Å². The van der Waals surface area contributed by atoms with Gasteiger partial charge in [-0.3, -0.25) is 4.57 Å². The first-order valence-corrected chi connectivity index (χ1v) is 8.29. The molecule has 0 fully saturated rings. The molecule has 0 amide bonds. The second-order valence-corrected chi connectivity index (χ2v) is 7.05. The first-order chi connectivity index (χ1) is 6.91. The summed E-state index contributed by atoms with van der Waals surface area (Å²) in [6.07, 6.45) is 0.520. The van der Waals surface area contributed by atoms with Gasteiger partial charge in [-0.2, -0.15) is 0 Å². The Labute approximate surface area is 95.8 Å². The van der Waals surface area contributed by atoms with E-state index in [1.807, 2.05) is 13.8 Å². The van der Waals surface area contributed by atoms with Crippen LogP contribution in [0.3, 0.4) is 0 Å². The van der Waals surface area contributed by atoms with Crippen LogP contribution in [-0.4, -0.2) is 16.4 Å². The highest BCUT2D eigenvalue weighted by atomic mass is 32.8. The number of hydrogen-bond donors (Lipinski definition) is 2. The van der Waals surface area contributed by atoms with Gasteiger partial charge >= 0.3 is 7.60 Å². The third kappa shape index (κ3) is 2.77. The molecule has 1 unspecified atom stereocenters. The quantitative estimate of drug-likeness (QED) is 0.760. The molecular weight excluding hydrogens is 255 g/mol. The van der Waals surface area contributed by atoms with E-state index in [9.17, 15) is 14.4 Å². The van der Waals surface area contributed by atoms with Crippen LogP contribution in [0.25, 0.3) is 0 Å². The molecule has 7 heteroatoms. The molecule has 1 aliphatic heterocycles. The highest BCUT2D eigenvalue weighted by molar-refractivity contribution is 8.35. The van der Waals surface area contributed by atoms with Gasteiger partial charge in [0.25, 0.3) is 0 Å². The summed E-state index contributed by atoms with van der Waals surface area (Å²) in [5, 5.41) is 1.62. The smallest absolute Gasteiger partial charge is 0.363 e. The Bertz CT molecular complexity index is 393. The van der Waals surface area contributed by atoms with Gasteiger partial charge < -0.3 is 14.5 Å². The van der Waals surface area contributed by atoms with Crippen molar-refractivity contribution in [2.24, 2.45) is 0 Å². The predicted octanol–water partition coefficient (Wildman–Crippen LogP) is 1.76. The molecular formula is C8H13O4PS2. The first kappa shape index (κ1) is 13.1. The standard InChI is InChI=1S/C8H13O4PS2/c1-3-6-7(12-4-2)5-15(14)8(6)13(9,10)11/h5H,3-4H2,1-2H3,(H2,9,10,11). The molecule has 0 saturated carbocycles. The van der Waals surface area contributed by atoms with E-state index in [0.717, 1.165) is 0 Å². The lowest BCUT2D eigenvalue weighted by molar-refractivity contribution is 0.237. The predicted molar refractivity (Wildman–Crippen MR) is 63.8 cm³/mol. The topological polar surface area (TPSA) is 66.8 Å². The van der Waals surface area contributed by atoms with E-state index in [-0.39, 0.29) is 4.65 Å². The molecule has 0 aromatic carbocycles. The largest absolute Gasteiger partial charge is 0.493 e. The number of ether oxygens (including phenoxy) is 1. The molecule has 0 bridgehead atoms. The maximum absolute atomic E-state index is 11.3. The summed E-state index contributed by atoms with van der Waals surface area (Å²) in [5.41, 5.74) is 0.573. The summed E-state index contributed by atoms with van der Waals surface area (Å²) in [5.74, 6) is 0.539. The lowest BCUT2D eigenvalue weighted by atomic mass is 10.2. The summed E-state index contributed by atoms with van der Waals surface area (Å²) in [4.78, 5) is 18.4. The summed E-state index contributed by atoms with van der Waals surface area (Å²) in [6, 6.07) is 0.